The molecule has 0 aliphatic carbocycles. The van der Waals surface area contributed by atoms with Crippen molar-refractivity contribution in [3.05, 3.63) is 59.2 Å². The Bertz CT molecular complexity index is 512. The highest BCUT2D eigenvalue weighted by molar-refractivity contribution is 5.67. The molecule has 0 fully saturated rings. The molecule has 2 aromatic carbocycles. The zero-order valence-corrected chi connectivity index (χ0v) is 11.2. The highest BCUT2D eigenvalue weighted by atomic mass is 14.5. The molecular formula is C17H21N. The molecule has 0 saturated carbocycles. The molecular weight excluding hydrogens is 218 g/mol. The van der Waals surface area contributed by atoms with E-state index in [1.165, 1.54) is 27.8 Å². The van der Waals surface area contributed by atoms with E-state index in [2.05, 4.69) is 56.3 Å². The van der Waals surface area contributed by atoms with Crippen molar-refractivity contribution in [2.75, 3.05) is 6.54 Å². The lowest BCUT2D eigenvalue weighted by Crippen LogP contribution is -2.00. The summed E-state index contributed by atoms with van der Waals surface area (Å²) >= 11 is 0. The largest absolute Gasteiger partial charge is 0.330 e. The third-order valence-corrected chi connectivity index (χ3v) is 3.32. The van der Waals surface area contributed by atoms with Crippen LogP contribution in [0.5, 0.6) is 0 Å². The molecule has 18 heavy (non-hydrogen) atoms. The Labute approximate surface area is 110 Å². The lowest BCUT2D eigenvalue weighted by Gasteiger charge is -2.08. The number of hydrogen-bond donors (Lipinski definition) is 1. The maximum Gasteiger partial charge on any atom is -0.00741 e. The molecule has 0 aliphatic heterocycles. The summed E-state index contributed by atoms with van der Waals surface area (Å²) < 4.78 is 0. The molecule has 1 nitrogen and oxygen atoms in total. The van der Waals surface area contributed by atoms with E-state index in [4.69, 9.17) is 5.73 Å². The molecule has 0 atom stereocenters. The van der Waals surface area contributed by atoms with Crippen LogP contribution in [0, 0.1) is 13.8 Å². The fourth-order valence-electron chi connectivity index (χ4n) is 2.29. The standard InChI is InChI=1S/C17H21N/c1-13-5-10-17(14(2)12-13)16-8-6-15(7-9-16)4-3-11-18/h5-10,12H,3-4,11,18H2,1-2H3. The van der Waals surface area contributed by atoms with Crippen LogP contribution in [0.15, 0.2) is 42.5 Å². The summed E-state index contributed by atoms with van der Waals surface area (Å²) in [5.74, 6) is 0. The minimum atomic E-state index is 0.763. The van der Waals surface area contributed by atoms with Crippen molar-refractivity contribution in [2.24, 2.45) is 5.73 Å². The molecule has 1 heteroatoms. The molecule has 0 bridgehead atoms. The monoisotopic (exact) mass is 239 g/mol. The Morgan fingerprint density at radius 2 is 1.67 bits per heavy atom. The third-order valence-electron chi connectivity index (χ3n) is 3.32. The van der Waals surface area contributed by atoms with Crippen molar-refractivity contribution >= 4 is 0 Å². The Morgan fingerprint density at radius 1 is 0.944 bits per heavy atom. The molecule has 94 valence electrons. The Kier molecular flexibility index (Phi) is 4.16. The molecule has 0 heterocycles. The van der Waals surface area contributed by atoms with E-state index >= 15 is 0 Å². The first-order valence-electron chi connectivity index (χ1n) is 6.57. The van der Waals surface area contributed by atoms with Gasteiger partial charge in [-0.05, 0) is 55.5 Å². The van der Waals surface area contributed by atoms with E-state index in [1.807, 2.05) is 0 Å². The maximum atomic E-state index is 5.53. The summed E-state index contributed by atoms with van der Waals surface area (Å²) in [5, 5.41) is 0. The van der Waals surface area contributed by atoms with E-state index in [1.54, 1.807) is 0 Å². The minimum absolute atomic E-state index is 0.763. The maximum absolute atomic E-state index is 5.53. The van der Waals surface area contributed by atoms with Gasteiger partial charge in [0.25, 0.3) is 0 Å². The van der Waals surface area contributed by atoms with Crippen molar-refractivity contribution < 1.29 is 0 Å². The van der Waals surface area contributed by atoms with E-state index in [9.17, 15) is 0 Å². The van der Waals surface area contributed by atoms with Gasteiger partial charge in [0.15, 0.2) is 0 Å². The van der Waals surface area contributed by atoms with Crippen LogP contribution in [0.1, 0.15) is 23.1 Å². The van der Waals surface area contributed by atoms with E-state index < -0.39 is 0 Å². The molecule has 0 aliphatic rings. The first-order valence-corrected chi connectivity index (χ1v) is 6.57. The average Bonchev–Trinajstić information content (AvgIpc) is 2.37. The molecule has 0 amide bonds. The van der Waals surface area contributed by atoms with Gasteiger partial charge in [0.2, 0.25) is 0 Å². The van der Waals surface area contributed by atoms with Gasteiger partial charge in [-0.15, -0.1) is 0 Å². The molecule has 0 unspecified atom stereocenters. The topological polar surface area (TPSA) is 26.0 Å². The minimum Gasteiger partial charge on any atom is -0.330 e. The van der Waals surface area contributed by atoms with Crippen molar-refractivity contribution in [2.45, 2.75) is 26.7 Å². The molecule has 0 radical (unpaired) electrons. The summed E-state index contributed by atoms with van der Waals surface area (Å²) in [5.41, 5.74) is 12.2. The normalized spacial score (nSPS) is 10.6. The van der Waals surface area contributed by atoms with Crippen LogP contribution in [0.3, 0.4) is 0 Å². The number of benzene rings is 2. The van der Waals surface area contributed by atoms with Crippen LogP contribution in [0.25, 0.3) is 11.1 Å². The number of nitrogens with two attached hydrogens (primary N) is 1. The van der Waals surface area contributed by atoms with Crippen molar-refractivity contribution in [3.63, 3.8) is 0 Å². The lowest BCUT2D eigenvalue weighted by atomic mass is 9.97. The van der Waals surface area contributed by atoms with E-state index in [0.717, 1.165) is 19.4 Å². The molecule has 0 spiro atoms. The van der Waals surface area contributed by atoms with Gasteiger partial charge in [-0.2, -0.15) is 0 Å². The molecule has 2 aromatic rings. The second-order valence-electron chi connectivity index (χ2n) is 4.91. The van der Waals surface area contributed by atoms with Gasteiger partial charge < -0.3 is 5.73 Å². The highest BCUT2D eigenvalue weighted by Crippen LogP contribution is 2.24. The summed E-state index contributed by atoms with van der Waals surface area (Å²) in [6, 6.07) is 15.5. The van der Waals surface area contributed by atoms with Crippen LogP contribution in [-0.4, -0.2) is 6.54 Å². The lowest BCUT2D eigenvalue weighted by molar-refractivity contribution is 0.833. The highest BCUT2D eigenvalue weighted by Gasteiger charge is 2.02. The Morgan fingerprint density at radius 3 is 2.28 bits per heavy atom. The van der Waals surface area contributed by atoms with Gasteiger partial charge in [0.1, 0.15) is 0 Å². The van der Waals surface area contributed by atoms with Gasteiger partial charge in [0.05, 0.1) is 0 Å². The van der Waals surface area contributed by atoms with Gasteiger partial charge in [-0.3, -0.25) is 0 Å². The van der Waals surface area contributed by atoms with Crippen molar-refractivity contribution in [1.82, 2.24) is 0 Å². The Hall–Kier alpha value is -1.60. The van der Waals surface area contributed by atoms with Crippen LogP contribution in [-0.2, 0) is 6.42 Å². The number of aryl methyl sites for hydroxylation is 3. The quantitative estimate of drug-likeness (QED) is 0.861. The molecule has 2 rings (SSSR count). The zero-order valence-electron chi connectivity index (χ0n) is 11.2. The predicted octanol–water partition coefficient (Wildman–Crippen LogP) is 3.86. The first kappa shape index (κ1) is 12.8. The number of hydrogen-bond acceptors (Lipinski definition) is 1. The third kappa shape index (κ3) is 2.99. The SMILES string of the molecule is Cc1ccc(-c2ccc(CCCN)cc2)c(C)c1. The predicted molar refractivity (Wildman–Crippen MR) is 78.7 cm³/mol. The number of rotatable bonds is 4. The van der Waals surface area contributed by atoms with Crippen molar-refractivity contribution in [3.8, 4) is 11.1 Å². The fraction of sp³-hybridized carbons (Fsp3) is 0.294. The van der Waals surface area contributed by atoms with Crippen LogP contribution < -0.4 is 5.73 Å². The van der Waals surface area contributed by atoms with Crippen LogP contribution in [0.2, 0.25) is 0 Å². The average molecular weight is 239 g/mol. The fourth-order valence-corrected chi connectivity index (χ4v) is 2.29. The van der Waals surface area contributed by atoms with Gasteiger partial charge in [-0.1, -0.05) is 48.0 Å². The van der Waals surface area contributed by atoms with E-state index in [0.29, 0.717) is 0 Å². The van der Waals surface area contributed by atoms with Gasteiger partial charge >= 0.3 is 0 Å². The second kappa shape index (κ2) is 5.83. The molecule has 2 N–H and O–H groups in total. The molecule has 0 saturated heterocycles. The summed E-state index contributed by atoms with van der Waals surface area (Å²) in [4.78, 5) is 0. The van der Waals surface area contributed by atoms with Crippen molar-refractivity contribution in [1.29, 1.82) is 0 Å². The summed E-state index contributed by atoms with van der Waals surface area (Å²) in [7, 11) is 0. The van der Waals surface area contributed by atoms with Crippen LogP contribution >= 0.6 is 0 Å². The second-order valence-corrected chi connectivity index (χ2v) is 4.91. The smallest absolute Gasteiger partial charge is 0.00741 e. The Balaban J connectivity index is 2.23. The van der Waals surface area contributed by atoms with Gasteiger partial charge in [0, 0.05) is 0 Å². The first-order chi connectivity index (χ1) is 8.70. The van der Waals surface area contributed by atoms with E-state index in [-0.39, 0.29) is 0 Å². The summed E-state index contributed by atoms with van der Waals surface area (Å²) in [6.07, 6.45) is 2.13. The van der Waals surface area contributed by atoms with Crippen LogP contribution in [0.4, 0.5) is 0 Å². The van der Waals surface area contributed by atoms with Gasteiger partial charge in [-0.25, -0.2) is 0 Å². The molecule has 0 aromatic heterocycles. The zero-order chi connectivity index (χ0) is 13.0. The summed E-state index contributed by atoms with van der Waals surface area (Å²) in [6.45, 7) is 5.07.